The first kappa shape index (κ1) is 34.8. The maximum Gasteiger partial charge on any atom is 0.471 e. The molecule has 0 saturated carbocycles. The van der Waals surface area contributed by atoms with Crippen molar-refractivity contribution in [2.45, 2.75) is 77.4 Å². The van der Waals surface area contributed by atoms with Crippen molar-refractivity contribution >= 4 is 29.3 Å². The van der Waals surface area contributed by atoms with Crippen LogP contribution in [-0.4, -0.2) is 51.6 Å². The molecule has 0 radical (unpaired) electrons. The van der Waals surface area contributed by atoms with Crippen LogP contribution in [0.5, 0.6) is 0 Å². The molecular formula is C22H32BrF6N9O2. The molecule has 0 aliphatic heterocycles. The molecule has 2 heterocycles. The van der Waals surface area contributed by atoms with Crippen molar-refractivity contribution in [2.24, 2.45) is 10.2 Å². The summed E-state index contributed by atoms with van der Waals surface area (Å²) in [6, 6.07) is 0. The van der Waals surface area contributed by atoms with Crippen LogP contribution in [0.3, 0.4) is 0 Å². The Balaban J connectivity index is 0.00000800. The topological polar surface area (TPSA) is 136 Å². The number of nitrogens with two attached hydrogens (primary N) is 1. The van der Waals surface area contributed by atoms with Crippen molar-refractivity contribution in [3.63, 3.8) is 0 Å². The molecule has 0 aliphatic carbocycles. The third kappa shape index (κ3) is 11.1. The van der Waals surface area contributed by atoms with Crippen LogP contribution in [0.2, 0.25) is 0 Å². The lowest BCUT2D eigenvalue weighted by molar-refractivity contribution is -0.683. The van der Waals surface area contributed by atoms with E-state index >= 15 is 0 Å². The number of nitrogens with zero attached hydrogens (tertiary/aromatic N) is 6. The second-order valence-corrected chi connectivity index (χ2v) is 8.60. The molecule has 0 spiro atoms. The van der Waals surface area contributed by atoms with Gasteiger partial charge >= 0.3 is 30.1 Å². The van der Waals surface area contributed by atoms with Gasteiger partial charge in [0.15, 0.2) is 11.5 Å². The number of carbonyl (C=O) groups excluding carboxylic acids is 2. The molecule has 0 aliphatic rings. The Bertz CT molecular complexity index is 1060. The van der Waals surface area contributed by atoms with E-state index in [4.69, 9.17) is 5.73 Å². The zero-order valence-corrected chi connectivity index (χ0v) is 23.3. The number of amides is 2. The highest BCUT2D eigenvalue weighted by atomic mass is 79.9. The van der Waals surface area contributed by atoms with Gasteiger partial charge in [-0.15, -0.1) is 0 Å². The molecule has 18 heteroatoms. The highest BCUT2D eigenvalue weighted by Gasteiger charge is 2.38. The number of carbonyl (C=O) groups is 2. The third-order valence-corrected chi connectivity index (χ3v) is 5.51. The maximum atomic E-state index is 12.4. The Morgan fingerprint density at radius 3 is 2.17 bits per heavy atom. The zero-order chi connectivity index (χ0) is 29.1. The molecular weight excluding hydrogens is 616 g/mol. The van der Waals surface area contributed by atoms with Crippen LogP contribution in [-0.2, 0) is 29.2 Å². The van der Waals surface area contributed by atoms with E-state index in [1.165, 1.54) is 6.20 Å². The first-order chi connectivity index (χ1) is 18.3. The van der Waals surface area contributed by atoms with Crippen molar-refractivity contribution < 1.29 is 57.5 Å². The molecule has 40 heavy (non-hydrogen) atoms. The summed E-state index contributed by atoms with van der Waals surface area (Å²) < 4.78 is 79.0. The number of alkyl halides is 6. The van der Waals surface area contributed by atoms with Crippen LogP contribution in [0.25, 0.3) is 0 Å². The van der Waals surface area contributed by atoms with Gasteiger partial charge in [0.1, 0.15) is 0 Å². The van der Waals surface area contributed by atoms with Crippen molar-refractivity contribution in [2.75, 3.05) is 18.8 Å². The van der Waals surface area contributed by atoms with Gasteiger partial charge in [-0.3, -0.25) is 9.59 Å². The molecule has 2 rings (SSSR count). The molecule has 0 aromatic carbocycles. The van der Waals surface area contributed by atoms with Crippen molar-refractivity contribution in [3.8, 4) is 0 Å². The number of azo groups is 1. The lowest BCUT2D eigenvalue weighted by Crippen LogP contribution is -3.00. The normalized spacial score (nSPS) is 12.0. The number of unbranched alkanes of at least 4 members (excludes halogenated alkanes) is 3. The van der Waals surface area contributed by atoms with E-state index in [1.807, 2.05) is 0 Å². The molecule has 0 fully saturated rings. The largest absolute Gasteiger partial charge is 1.00 e. The Labute approximate surface area is 236 Å². The minimum atomic E-state index is -4.99. The molecule has 0 atom stereocenters. The first-order valence-electron chi connectivity index (χ1n) is 12.4. The van der Waals surface area contributed by atoms with Crippen molar-refractivity contribution in [1.82, 2.24) is 25.0 Å². The molecule has 4 N–H and O–H groups in total. The van der Waals surface area contributed by atoms with Gasteiger partial charge in [-0.1, -0.05) is 31.3 Å². The average molecular weight is 648 g/mol. The van der Waals surface area contributed by atoms with Crippen LogP contribution < -0.4 is 37.9 Å². The van der Waals surface area contributed by atoms with Crippen molar-refractivity contribution in [1.29, 1.82) is 0 Å². The van der Waals surface area contributed by atoms with Gasteiger partial charge in [-0.2, -0.15) is 31.4 Å². The molecule has 2 amide bonds. The van der Waals surface area contributed by atoms with Crippen molar-refractivity contribution in [3.05, 3.63) is 18.6 Å². The molecule has 226 valence electrons. The van der Waals surface area contributed by atoms with E-state index in [-0.39, 0.29) is 62.0 Å². The van der Waals surface area contributed by atoms with Gasteiger partial charge in [-0.25, -0.2) is 13.8 Å². The highest BCUT2D eigenvalue weighted by molar-refractivity contribution is 5.81. The SMILES string of the molecule is CCCCCCn1ncc(/N=N/c2n(CCCNC(=O)C(F)(F)F)cc[n+]2CCCNC(=O)C(F)(F)F)c1N.[Br-]. The second kappa shape index (κ2) is 16.2. The van der Waals surface area contributed by atoms with E-state index < -0.39 is 24.2 Å². The van der Waals surface area contributed by atoms with Crippen LogP contribution in [0.1, 0.15) is 45.4 Å². The number of halogens is 7. The fourth-order valence-corrected chi connectivity index (χ4v) is 3.45. The molecule has 2 aromatic heterocycles. The summed E-state index contributed by atoms with van der Waals surface area (Å²) >= 11 is 0. The third-order valence-electron chi connectivity index (χ3n) is 5.51. The molecule has 2 aromatic rings. The molecule has 0 saturated heterocycles. The summed E-state index contributed by atoms with van der Waals surface area (Å²) in [5.41, 5.74) is 6.42. The monoisotopic (exact) mass is 647 g/mol. The Hall–Kier alpha value is -3.18. The minimum Gasteiger partial charge on any atom is -1.00 e. The number of nitrogens with one attached hydrogen (secondary N) is 2. The predicted octanol–water partition coefficient (Wildman–Crippen LogP) is 0.691. The van der Waals surface area contributed by atoms with E-state index in [9.17, 15) is 35.9 Å². The van der Waals surface area contributed by atoms with E-state index in [2.05, 4.69) is 22.3 Å². The summed E-state index contributed by atoms with van der Waals surface area (Å²) in [5, 5.41) is 16.1. The van der Waals surface area contributed by atoms with Crippen LogP contribution in [0.4, 0.5) is 43.8 Å². The minimum absolute atomic E-state index is 0. The molecule has 0 bridgehead atoms. The summed E-state index contributed by atoms with van der Waals surface area (Å²) in [4.78, 5) is 22.0. The number of imidazole rings is 1. The van der Waals surface area contributed by atoms with Crippen LogP contribution >= 0.6 is 0 Å². The van der Waals surface area contributed by atoms with Gasteiger partial charge in [0.2, 0.25) is 0 Å². The van der Waals surface area contributed by atoms with Gasteiger partial charge < -0.3 is 33.3 Å². The van der Waals surface area contributed by atoms with E-state index in [0.717, 1.165) is 25.7 Å². The fourth-order valence-electron chi connectivity index (χ4n) is 3.45. The van der Waals surface area contributed by atoms with Gasteiger partial charge in [0, 0.05) is 24.7 Å². The number of aromatic nitrogens is 4. The van der Waals surface area contributed by atoms with Gasteiger partial charge in [0.25, 0.3) is 0 Å². The highest BCUT2D eigenvalue weighted by Crippen LogP contribution is 2.24. The molecule has 11 nitrogen and oxygen atoms in total. The lowest BCUT2D eigenvalue weighted by atomic mass is 10.2. The number of anilines is 1. The van der Waals surface area contributed by atoms with Gasteiger partial charge in [-0.05, 0) is 19.3 Å². The Morgan fingerprint density at radius 1 is 0.950 bits per heavy atom. The Morgan fingerprint density at radius 2 is 1.57 bits per heavy atom. The maximum absolute atomic E-state index is 12.4. The Kier molecular flexibility index (Phi) is 14.1. The smallest absolute Gasteiger partial charge is 0.471 e. The fraction of sp³-hybridized carbons (Fsp3) is 0.636. The number of aryl methyl sites for hydroxylation is 3. The number of hydrogen-bond acceptors (Lipinski definition) is 6. The van der Waals surface area contributed by atoms with E-state index in [1.54, 1.807) is 36.8 Å². The number of hydrogen-bond donors (Lipinski definition) is 3. The lowest BCUT2D eigenvalue weighted by Gasteiger charge is -2.07. The molecule has 0 unspecified atom stereocenters. The average Bonchev–Trinajstić information content (AvgIpc) is 3.41. The predicted molar refractivity (Wildman–Crippen MR) is 127 cm³/mol. The van der Waals surface area contributed by atoms with Crippen LogP contribution in [0.15, 0.2) is 28.8 Å². The van der Waals surface area contributed by atoms with E-state index in [0.29, 0.717) is 18.1 Å². The summed E-state index contributed by atoms with van der Waals surface area (Å²) in [5.74, 6) is -3.57. The summed E-state index contributed by atoms with van der Waals surface area (Å²) in [6.45, 7) is 2.49. The second-order valence-electron chi connectivity index (χ2n) is 8.60. The standard InChI is InChI=1S/C22H31F6N9O2.BrH/c1-2-3-4-5-12-37-17(29)16(15-32-37)33-34-20-35(10-6-8-30-18(38)21(23,24)25)13-14-36(20)11-7-9-31-19(39)22(26,27)28;/h13-15,29H,2-12H2,1H3,(H2,30,31,38,39);1H. The van der Waals surface area contributed by atoms with Crippen LogP contribution in [0, 0.1) is 0 Å². The quantitative estimate of drug-likeness (QED) is 0.113. The number of nitrogen functional groups attached to an aromatic ring is 1. The first-order valence-corrected chi connectivity index (χ1v) is 12.4. The summed E-state index contributed by atoms with van der Waals surface area (Å²) in [6.07, 6.45) is -1.09. The summed E-state index contributed by atoms with van der Waals surface area (Å²) in [7, 11) is 0. The number of rotatable bonds is 15. The van der Waals surface area contributed by atoms with Gasteiger partial charge in [0.05, 0.1) is 31.7 Å². The zero-order valence-electron chi connectivity index (χ0n) is 21.7.